The van der Waals surface area contributed by atoms with Gasteiger partial charge in [0.2, 0.25) is 0 Å². The van der Waals surface area contributed by atoms with Crippen LogP contribution in [0.15, 0.2) is 54.6 Å². The molecule has 8 nitrogen and oxygen atoms in total. The maximum atomic E-state index is 12.6. The first kappa shape index (κ1) is 22.4. The molecule has 2 heterocycles. The standard InChI is InChI=1S/C25H29N5O3/c1-4-18-5-8-20(9-6-18)26-25(31)30-15-13-29(14-16-30)24-12-10-21(27-28-24)19-7-11-22(32-2)23(17-19)33-3/h5-12,17H,4,13-16H2,1-3H3,(H,26,31). The number of urea groups is 1. The monoisotopic (exact) mass is 447 g/mol. The number of nitrogens with zero attached hydrogens (tertiary/aromatic N) is 4. The summed E-state index contributed by atoms with van der Waals surface area (Å²) < 4.78 is 10.7. The second-order valence-electron chi connectivity index (χ2n) is 7.80. The molecule has 0 atom stereocenters. The first-order chi connectivity index (χ1) is 16.1. The van der Waals surface area contributed by atoms with Gasteiger partial charge in [-0.3, -0.25) is 0 Å². The minimum absolute atomic E-state index is 0.0752. The quantitative estimate of drug-likeness (QED) is 0.613. The molecule has 172 valence electrons. The van der Waals surface area contributed by atoms with Gasteiger partial charge in [0, 0.05) is 37.4 Å². The average Bonchev–Trinajstić information content (AvgIpc) is 2.89. The zero-order chi connectivity index (χ0) is 23.2. The summed E-state index contributed by atoms with van der Waals surface area (Å²) in [5, 5.41) is 11.8. The van der Waals surface area contributed by atoms with Crippen molar-refractivity contribution in [2.75, 3.05) is 50.6 Å². The Morgan fingerprint density at radius 2 is 1.64 bits per heavy atom. The highest BCUT2D eigenvalue weighted by molar-refractivity contribution is 5.89. The lowest BCUT2D eigenvalue weighted by molar-refractivity contribution is 0.208. The molecule has 0 radical (unpaired) electrons. The zero-order valence-corrected chi connectivity index (χ0v) is 19.2. The fraction of sp³-hybridized carbons (Fsp3) is 0.320. The van der Waals surface area contributed by atoms with Crippen LogP contribution < -0.4 is 19.7 Å². The highest BCUT2D eigenvalue weighted by Gasteiger charge is 2.22. The molecule has 1 saturated heterocycles. The molecule has 0 aliphatic carbocycles. The summed E-state index contributed by atoms with van der Waals surface area (Å²) in [6, 6.07) is 17.5. The minimum Gasteiger partial charge on any atom is -0.493 e. The molecule has 0 bridgehead atoms. The largest absolute Gasteiger partial charge is 0.493 e. The van der Waals surface area contributed by atoms with Crippen LogP contribution >= 0.6 is 0 Å². The van der Waals surface area contributed by atoms with E-state index in [9.17, 15) is 4.79 Å². The Hall–Kier alpha value is -3.81. The number of benzene rings is 2. The third-order valence-electron chi connectivity index (χ3n) is 5.83. The van der Waals surface area contributed by atoms with Crippen molar-refractivity contribution in [2.45, 2.75) is 13.3 Å². The molecule has 2 aromatic carbocycles. The van der Waals surface area contributed by atoms with Crippen molar-refractivity contribution in [3.8, 4) is 22.8 Å². The van der Waals surface area contributed by atoms with Crippen molar-refractivity contribution >= 4 is 17.5 Å². The van der Waals surface area contributed by atoms with Gasteiger partial charge in [-0.1, -0.05) is 19.1 Å². The van der Waals surface area contributed by atoms with Gasteiger partial charge in [0.05, 0.1) is 19.9 Å². The molecule has 8 heteroatoms. The van der Waals surface area contributed by atoms with E-state index in [0.29, 0.717) is 37.7 Å². The number of hydrogen-bond acceptors (Lipinski definition) is 6. The minimum atomic E-state index is -0.0752. The van der Waals surface area contributed by atoms with Crippen LogP contribution in [0.3, 0.4) is 0 Å². The Morgan fingerprint density at radius 3 is 2.24 bits per heavy atom. The number of amides is 2. The van der Waals surface area contributed by atoms with Gasteiger partial charge in [-0.2, -0.15) is 0 Å². The van der Waals surface area contributed by atoms with E-state index in [1.54, 1.807) is 14.2 Å². The van der Waals surface area contributed by atoms with Crippen LogP contribution in [0, 0.1) is 0 Å². The Balaban J connectivity index is 1.34. The third kappa shape index (κ3) is 5.16. The van der Waals surface area contributed by atoms with Gasteiger partial charge in [0.15, 0.2) is 17.3 Å². The van der Waals surface area contributed by atoms with Crippen molar-refractivity contribution in [3.05, 3.63) is 60.2 Å². The molecule has 1 aromatic heterocycles. The van der Waals surface area contributed by atoms with Gasteiger partial charge >= 0.3 is 6.03 Å². The van der Waals surface area contributed by atoms with Crippen molar-refractivity contribution in [1.82, 2.24) is 15.1 Å². The Labute approximate surface area is 194 Å². The number of aromatic nitrogens is 2. The first-order valence-electron chi connectivity index (χ1n) is 11.1. The molecule has 1 aliphatic rings. The number of aryl methyl sites for hydroxylation is 1. The number of piperazine rings is 1. The lowest BCUT2D eigenvalue weighted by atomic mass is 10.1. The molecule has 2 amide bonds. The third-order valence-corrected chi connectivity index (χ3v) is 5.83. The number of nitrogens with one attached hydrogen (secondary N) is 1. The number of ether oxygens (including phenoxy) is 2. The molecule has 1 aliphatic heterocycles. The van der Waals surface area contributed by atoms with Gasteiger partial charge in [0.25, 0.3) is 0 Å². The fourth-order valence-electron chi connectivity index (χ4n) is 3.81. The summed E-state index contributed by atoms with van der Waals surface area (Å²) in [7, 11) is 3.22. The molecular weight excluding hydrogens is 418 g/mol. The van der Waals surface area contributed by atoms with E-state index in [-0.39, 0.29) is 6.03 Å². The molecule has 1 fully saturated rings. The summed E-state index contributed by atoms with van der Waals surface area (Å²) in [5.74, 6) is 2.12. The van der Waals surface area contributed by atoms with E-state index in [1.807, 2.05) is 59.5 Å². The second kappa shape index (κ2) is 10.2. The van der Waals surface area contributed by atoms with Crippen LogP contribution in [-0.2, 0) is 6.42 Å². The van der Waals surface area contributed by atoms with E-state index in [2.05, 4.69) is 27.3 Å². The van der Waals surface area contributed by atoms with E-state index in [1.165, 1.54) is 5.56 Å². The summed E-state index contributed by atoms with van der Waals surface area (Å²) in [5.41, 5.74) is 3.73. The summed E-state index contributed by atoms with van der Waals surface area (Å²) in [4.78, 5) is 16.6. The predicted octanol–water partition coefficient (Wildman–Crippen LogP) is 4.08. The maximum absolute atomic E-state index is 12.6. The van der Waals surface area contributed by atoms with Crippen LogP contribution in [-0.4, -0.2) is 61.5 Å². The van der Waals surface area contributed by atoms with Crippen LogP contribution in [0.1, 0.15) is 12.5 Å². The normalized spacial score (nSPS) is 13.5. The highest BCUT2D eigenvalue weighted by Crippen LogP contribution is 2.31. The molecule has 0 spiro atoms. The second-order valence-corrected chi connectivity index (χ2v) is 7.80. The summed E-state index contributed by atoms with van der Waals surface area (Å²) >= 11 is 0. The van der Waals surface area contributed by atoms with Gasteiger partial charge in [-0.25, -0.2) is 4.79 Å². The molecule has 33 heavy (non-hydrogen) atoms. The number of carbonyl (C=O) groups is 1. The van der Waals surface area contributed by atoms with Crippen molar-refractivity contribution in [2.24, 2.45) is 0 Å². The average molecular weight is 448 g/mol. The Kier molecular flexibility index (Phi) is 6.92. The number of rotatable bonds is 6. The molecule has 3 aromatic rings. The SMILES string of the molecule is CCc1ccc(NC(=O)N2CCN(c3ccc(-c4ccc(OC)c(OC)c4)nn3)CC2)cc1. The molecule has 1 N–H and O–H groups in total. The molecule has 0 saturated carbocycles. The van der Waals surface area contributed by atoms with Gasteiger partial charge in [-0.05, 0) is 54.4 Å². The number of hydrogen-bond donors (Lipinski definition) is 1. The molecule has 4 rings (SSSR count). The number of anilines is 2. The number of carbonyl (C=O) groups excluding carboxylic acids is 1. The maximum Gasteiger partial charge on any atom is 0.321 e. The van der Waals surface area contributed by atoms with Crippen molar-refractivity contribution < 1.29 is 14.3 Å². The van der Waals surface area contributed by atoms with Gasteiger partial charge in [-0.15, -0.1) is 10.2 Å². The van der Waals surface area contributed by atoms with E-state index < -0.39 is 0 Å². The summed E-state index contributed by atoms with van der Waals surface area (Å²) in [6.45, 7) is 4.76. The van der Waals surface area contributed by atoms with E-state index in [0.717, 1.165) is 29.2 Å². The van der Waals surface area contributed by atoms with E-state index >= 15 is 0 Å². The fourth-order valence-corrected chi connectivity index (χ4v) is 3.81. The number of methoxy groups -OCH3 is 2. The smallest absolute Gasteiger partial charge is 0.321 e. The van der Waals surface area contributed by atoms with Crippen LogP contribution in [0.5, 0.6) is 11.5 Å². The topological polar surface area (TPSA) is 79.8 Å². The van der Waals surface area contributed by atoms with Gasteiger partial charge < -0.3 is 24.6 Å². The first-order valence-corrected chi connectivity index (χ1v) is 11.1. The Morgan fingerprint density at radius 1 is 0.909 bits per heavy atom. The predicted molar refractivity (Wildman–Crippen MR) is 129 cm³/mol. The molecule has 0 unspecified atom stereocenters. The Bertz CT molecular complexity index is 1080. The van der Waals surface area contributed by atoms with Crippen molar-refractivity contribution in [3.63, 3.8) is 0 Å². The van der Waals surface area contributed by atoms with Gasteiger partial charge in [0.1, 0.15) is 0 Å². The van der Waals surface area contributed by atoms with E-state index in [4.69, 9.17) is 9.47 Å². The van der Waals surface area contributed by atoms with Crippen LogP contribution in [0.25, 0.3) is 11.3 Å². The van der Waals surface area contributed by atoms with Crippen LogP contribution in [0.4, 0.5) is 16.3 Å². The molecular formula is C25H29N5O3. The highest BCUT2D eigenvalue weighted by atomic mass is 16.5. The lowest BCUT2D eigenvalue weighted by Crippen LogP contribution is -2.50. The summed E-state index contributed by atoms with van der Waals surface area (Å²) in [6.07, 6.45) is 0.981. The lowest BCUT2D eigenvalue weighted by Gasteiger charge is -2.35. The zero-order valence-electron chi connectivity index (χ0n) is 19.2. The van der Waals surface area contributed by atoms with Crippen LogP contribution in [0.2, 0.25) is 0 Å². The van der Waals surface area contributed by atoms with Crippen molar-refractivity contribution in [1.29, 1.82) is 0 Å².